The lowest BCUT2D eigenvalue weighted by molar-refractivity contribution is -0.385. The molecule has 0 aliphatic heterocycles. The van der Waals surface area contributed by atoms with Gasteiger partial charge in [-0.3, -0.25) is 14.9 Å². The van der Waals surface area contributed by atoms with Gasteiger partial charge in [-0.2, -0.15) is 0 Å². The standard InChI is InChI=1S/C13H17NO6/c1-19-12-9-10(14(17)18)6-7-11(12)20-8-4-2-3-5-13(15)16/h6-7,9H,2-5,8H2,1H3,(H,15,16). The molecule has 0 aliphatic carbocycles. The van der Waals surface area contributed by atoms with Crippen molar-refractivity contribution in [3.8, 4) is 11.5 Å². The van der Waals surface area contributed by atoms with Crippen molar-refractivity contribution in [1.29, 1.82) is 0 Å². The summed E-state index contributed by atoms with van der Waals surface area (Å²) >= 11 is 0. The minimum atomic E-state index is -0.803. The second-order valence-corrected chi connectivity index (χ2v) is 4.15. The number of nitro groups is 1. The molecular weight excluding hydrogens is 266 g/mol. The van der Waals surface area contributed by atoms with Crippen molar-refractivity contribution in [2.45, 2.75) is 25.7 Å². The Bertz CT molecular complexity index is 474. The summed E-state index contributed by atoms with van der Waals surface area (Å²) < 4.78 is 10.5. The van der Waals surface area contributed by atoms with Crippen LogP contribution in [0.3, 0.4) is 0 Å². The molecule has 0 amide bonds. The topological polar surface area (TPSA) is 98.9 Å². The molecule has 1 aromatic rings. The number of nitrogens with zero attached hydrogens (tertiary/aromatic N) is 1. The Morgan fingerprint density at radius 2 is 2.05 bits per heavy atom. The third-order valence-corrected chi connectivity index (χ3v) is 2.65. The Morgan fingerprint density at radius 1 is 1.30 bits per heavy atom. The second kappa shape index (κ2) is 7.98. The van der Waals surface area contributed by atoms with Crippen LogP contribution in [0.5, 0.6) is 11.5 Å². The first-order valence-electron chi connectivity index (χ1n) is 6.21. The summed E-state index contributed by atoms with van der Waals surface area (Å²) in [7, 11) is 1.42. The zero-order valence-corrected chi connectivity index (χ0v) is 11.2. The van der Waals surface area contributed by atoms with E-state index in [1.807, 2.05) is 0 Å². The molecular formula is C13H17NO6. The van der Waals surface area contributed by atoms with Crippen molar-refractivity contribution in [3.05, 3.63) is 28.3 Å². The van der Waals surface area contributed by atoms with E-state index in [1.54, 1.807) is 0 Å². The summed E-state index contributed by atoms with van der Waals surface area (Å²) in [4.78, 5) is 20.4. The predicted octanol–water partition coefficient (Wildman–Crippen LogP) is 2.63. The van der Waals surface area contributed by atoms with E-state index in [-0.39, 0.29) is 12.1 Å². The van der Waals surface area contributed by atoms with Gasteiger partial charge in [0.2, 0.25) is 0 Å². The van der Waals surface area contributed by atoms with E-state index >= 15 is 0 Å². The highest BCUT2D eigenvalue weighted by molar-refractivity contribution is 5.66. The van der Waals surface area contributed by atoms with Crippen LogP contribution in [-0.2, 0) is 4.79 Å². The van der Waals surface area contributed by atoms with Crippen LogP contribution in [0.2, 0.25) is 0 Å². The molecule has 0 aliphatic rings. The number of carboxylic acid groups (broad SMARTS) is 1. The highest BCUT2D eigenvalue weighted by Crippen LogP contribution is 2.31. The van der Waals surface area contributed by atoms with E-state index in [9.17, 15) is 14.9 Å². The fourth-order valence-electron chi connectivity index (χ4n) is 1.63. The predicted molar refractivity (Wildman–Crippen MR) is 71.2 cm³/mol. The van der Waals surface area contributed by atoms with Gasteiger partial charge in [-0.15, -0.1) is 0 Å². The third-order valence-electron chi connectivity index (χ3n) is 2.65. The number of aliphatic carboxylic acids is 1. The van der Waals surface area contributed by atoms with Gasteiger partial charge in [0.1, 0.15) is 0 Å². The SMILES string of the molecule is COc1cc([N+](=O)[O-])ccc1OCCCCCC(=O)O. The fourth-order valence-corrected chi connectivity index (χ4v) is 1.63. The number of rotatable bonds is 9. The smallest absolute Gasteiger partial charge is 0.303 e. The van der Waals surface area contributed by atoms with Crippen molar-refractivity contribution >= 4 is 11.7 Å². The number of methoxy groups -OCH3 is 1. The zero-order chi connectivity index (χ0) is 15.0. The van der Waals surface area contributed by atoms with Gasteiger partial charge in [0.05, 0.1) is 24.7 Å². The van der Waals surface area contributed by atoms with Crippen LogP contribution in [0, 0.1) is 10.1 Å². The largest absolute Gasteiger partial charge is 0.493 e. The molecule has 0 unspecified atom stereocenters. The molecule has 1 aromatic carbocycles. The van der Waals surface area contributed by atoms with Gasteiger partial charge in [-0.25, -0.2) is 0 Å². The molecule has 20 heavy (non-hydrogen) atoms. The van der Waals surface area contributed by atoms with Crippen LogP contribution in [0.25, 0.3) is 0 Å². The van der Waals surface area contributed by atoms with Crippen LogP contribution in [0.1, 0.15) is 25.7 Å². The molecule has 7 nitrogen and oxygen atoms in total. The normalized spacial score (nSPS) is 10.1. The molecule has 1 rings (SSSR count). The van der Waals surface area contributed by atoms with Gasteiger partial charge >= 0.3 is 5.97 Å². The Labute approximate surface area is 116 Å². The summed E-state index contributed by atoms with van der Waals surface area (Å²) in [6.07, 6.45) is 2.23. The number of hydrogen-bond donors (Lipinski definition) is 1. The highest BCUT2D eigenvalue weighted by Gasteiger charge is 2.12. The van der Waals surface area contributed by atoms with E-state index in [2.05, 4.69) is 0 Å². The maximum Gasteiger partial charge on any atom is 0.303 e. The van der Waals surface area contributed by atoms with Crippen molar-refractivity contribution in [3.63, 3.8) is 0 Å². The number of carbonyl (C=O) groups is 1. The maximum absolute atomic E-state index is 10.6. The minimum Gasteiger partial charge on any atom is -0.493 e. The number of benzene rings is 1. The lowest BCUT2D eigenvalue weighted by atomic mass is 10.2. The Morgan fingerprint density at radius 3 is 2.65 bits per heavy atom. The summed E-state index contributed by atoms with van der Waals surface area (Å²) in [5.74, 6) is -0.0518. The van der Waals surface area contributed by atoms with Crippen molar-refractivity contribution < 1.29 is 24.3 Å². The van der Waals surface area contributed by atoms with Gasteiger partial charge < -0.3 is 14.6 Å². The lowest BCUT2D eigenvalue weighted by Gasteiger charge is -2.10. The summed E-state index contributed by atoms with van der Waals surface area (Å²) in [5.41, 5.74) is -0.0596. The first kappa shape index (κ1) is 15.7. The molecule has 0 heterocycles. The van der Waals surface area contributed by atoms with E-state index in [4.69, 9.17) is 14.6 Å². The molecule has 0 fully saturated rings. The van der Waals surface area contributed by atoms with Gasteiger partial charge in [0.25, 0.3) is 5.69 Å². The summed E-state index contributed by atoms with van der Waals surface area (Å²) in [5, 5.41) is 19.1. The Kier molecular flexibility index (Phi) is 6.28. The number of hydrogen-bond acceptors (Lipinski definition) is 5. The Hall–Kier alpha value is -2.31. The highest BCUT2D eigenvalue weighted by atomic mass is 16.6. The summed E-state index contributed by atoms with van der Waals surface area (Å²) in [6.45, 7) is 0.411. The van der Waals surface area contributed by atoms with Crippen LogP contribution < -0.4 is 9.47 Å². The van der Waals surface area contributed by atoms with Crippen LogP contribution in [-0.4, -0.2) is 29.7 Å². The van der Waals surface area contributed by atoms with E-state index < -0.39 is 10.9 Å². The molecule has 110 valence electrons. The number of nitro benzene ring substituents is 1. The van der Waals surface area contributed by atoms with E-state index in [1.165, 1.54) is 25.3 Å². The minimum absolute atomic E-state index is 0.0596. The molecule has 0 atom stereocenters. The second-order valence-electron chi connectivity index (χ2n) is 4.15. The molecule has 0 saturated carbocycles. The number of carboxylic acids is 1. The van der Waals surface area contributed by atoms with Gasteiger partial charge in [-0.05, 0) is 25.3 Å². The monoisotopic (exact) mass is 283 g/mol. The molecule has 0 radical (unpaired) electrons. The van der Waals surface area contributed by atoms with Gasteiger partial charge in [-0.1, -0.05) is 0 Å². The van der Waals surface area contributed by atoms with Gasteiger partial charge in [0.15, 0.2) is 11.5 Å². The number of non-ortho nitro benzene ring substituents is 1. The molecule has 0 spiro atoms. The van der Waals surface area contributed by atoms with Crippen LogP contribution >= 0.6 is 0 Å². The third kappa shape index (κ3) is 5.13. The van der Waals surface area contributed by atoms with Crippen molar-refractivity contribution in [2.24, 2.45) is 0 Å². The zero-order valence-electron chi connectivity index (χ0n) is 11.2. The number of unbranched alkanes of at least 4 members (excludes halogenated alkanes) is 2. The molecule has 0 saturated heterocycles. The van der Waals surface area contributed by atoms with Gasteiger partial charge in [0, 0.05) is 12.5 Å². The molecule has 1 N–H and O–H groups in total. The average molecular weight is 283 g/mol. The first-order chi connectivity index (χ1) is 9.54. The molecule has 0 bridgehead atoms. The quantitative estimate of drug-likeness (QED) is 0.425. The van der Waals surface area contributed by atoms with Crippen LogP contribution in [0.4, 0.5) is 5.69 Å². The maximum atomic E-state index is 10.6. The average Bonchev–Trinajstić information content (AvgIpc) is 2.42. The van der Waals surface area contributed by atoms with E-state index in [0.29, 0.717) is 30.9 Å². The van der Waals surface area contributed by atoms with Crippen molar-refractivity contribution in [1.82, 2.24) is 0 Å². The van der Waals surface area contributed by atoms with Crippen molar-refractivity contribution in [2.75, 3.05) is 13.7 Å². The van der Waals surface area contributed by atoms with E-state index in [0.717, 1.165) is 6.42 Å². The number of ether oxygens (including phenoxy) is 2. The van der Waals surface area contributed by atoms with Crippen LogP contribution in [0.15, 0.2) is 18.2 Å². The first-order valence-corrected chi connectivity index (χ1v) is 6.21. The molecule has 0 aromatic heterocycles. The fraction of sp³-hybridized carbons (Fsp3) is 0.462. The Balaban J connectivity index is 2.43. The summed E-state index contributed by atoms with van der Waals surface area (Å²) in [6, 6.07) is 4.15. The lowest BCUT2D eigenvalue weighted by Crippen LogP contribution is -2.01. The molecule has 7 heteroatoms.